The lowest BCUT2D eigenvalue weighted by Gasteiger charge is -2.19. The summed E-state index contributed by atoms with van der Waals surface area (Å²) < 4.78 is 0. The summed E-state index contributed by atoms with van der Waals surface area (Å²) in [5.41, 5.74) is 6.09. The van der Waals surface area contributed by atoms with Crippen LogP contribution >= 0.6 is 0 Å². The predicted octanol–water partition coefficient (Wildman–Crippen LogP) is 7.86. The minimum atomic E-state index is 0. The van der Waals surface area contributed by atoms with Crippen LogP contribution in [0.5, 0.6) is 0 Å². The van der Waals surface area contributed by atoms with Crippen LogP contribution in [0.1, 0.15) is 78.6 Å². The molecule has 0 aliphatic carbocycles. The summed E-state index contributed by atoms with van der Waals surface area (Å²) in [4.78, 5) is 0. The van der Waals surface area contributed by atoms with Crippen molar-refractivity contribution in [2.24, 2.45) is 0 Å². The fourth-order valence-electron chi connectivity index (χ4n) is 2.22. The Bertz CT molecular complexity index is 536. The van der Waals surface area contributed by atoms with Gasteiger partial charge in [-0.2, -0.15) is 0 Å². The lowest BCUT2D eigenvalue weighted by Crippen LogP contribution is -2.10. The summed E-state index contributed by atoms with van der Waals surface area (Å²) in [5, 5.41) is 0. The van der Waals surface area contributed by atoms with Gasteiger partial charge in [0.15, 0.2) is 0 Å². The third-order valence-electron chi connectivity index (χ3n) is 3.77. The quantitative estimate of drug-likeness (QED) is 0.461. The van der Waals surface area contributed by atoms with Crippen molar-refractivity contribution in [3.05, 3.63) is 70.8 Å². The third kappa shape index (κ3) is 8.34. The van der Waals surface area contributed by atoms with E-state index in [4.69, 9.17) is 0 Å². The molecule has 0 nitrogen and oxygen atoms in total. The lowest BCUT2D eigenvalue weighted by atomic mass is 9.86. The Kier molecular flexibility index (Phi) is 9.94. The maximum Gasteiger partial charge on any atom is -0.0132 e. The molecule has 0 aliphatic rings. The van der Waals surface area contributed by atoms with Crippen molar-refractivity contribution in [3.8, 4) is 0 Å². The number of benzene rings is 2. The zero-order valence-corrected chi connectivity index (χ0v) is 15.6. The minimum Gasteiger partial charge on any atom is -0.0776 e. The molecule has 0 atom stereocenters. The van der Waals surface area contributed by atoms with Crippen molar-refractivity contribution >= 4 is 0 Å². The molecule has 0 heteroatoms. The average Bonchev–Trinajstić information content (AvgIpc) is 2.37. The molecule has 2 aromatic rings. The van der Waals surface area contributed by atoms with Gasteiger partial charge in [-0.05, 0) is 35.8 Å². The highest BCUT2D eigenvalue weighted by atomic mass is 14.2. The first-order valence-electron chi connectivity index (χ1n) is 8.14. The molecule has 0 unspecified atom stereocenters. The van der Waals surface area contributed by atoms with Gasteiger partial charge in [0.1, 0.15) is 0 Å². The van der Waals surface area contributed by atoms with Gasteiger partial charge in [-0.25, -0.2) is 0 Å². The van der Waals surface area contributed by atoms with Gasteiger partial charge < -0.3 is 0 Å². The van der Waals surface area contributed by atoms with Gasteiger partial charge in [-0.3, -0.25) is 0 Å². The van der Waals surface area contributed by atoms with Crippen LogP contribution in [0.2, 0.25) is 0 Å². The highest BCUT2D eigenvalue weighted by Gasteiger charge is 2.13. The molecule has 0 heterocycles. The van der Waals surface area contributed by atoms with E-state index in [0.29, 0.717) is 0 Å². The van der Waals surface area contributed by atoms with Crippen molar-refractivity contribution in [1.82, 2.24) is 0 Å². The number of rotatable bonds is 0. The van der Waals surface area contributed by atoms with Crippen LogP contribution in [-0.2, 0) is 10.8 Å². The zero-order chi connectivity index (χ0) is 17.0. The van der Waals surface area contributed by atoms with Gasteiger partial charge in [0.05, 0.1) is 0 Å². The predicted molar refractivity (Wildman–Crippen MR) is 113 cm³/mol. The molecule has 0 saturated heterocycles. The van der Waals surface area contributed by atoms with Gasteiger partial charge in [0, 0.05) is 0 Å². The first-order valence-corrected chi connectivity index (χ1v) is 8.14. The second kappa shape index (κ2) is 9.67. The normalized spacial score (nSPS) is 10.7. The minimum absolute atomic E-state index is 0. The molecule has 0 radical (unpaired) electrons. The maximum atomic E-state index is 2.25. The Labute approximate surface area is 152 Å². The standard InChI is InChI=1S/2C11H16.2CH4/c2*1-9-6-5-7-10(8-9)11(2,3)4;;/h2*5-8H,1-4H3;2*1H4. The van der Waals surface area contributed by atoms with Crippen molar-refractivity contribution in [3.63, 3.8) is 0 Å². The van der Waals surface area contributed by atoms with Crippen LogP contribution < -0.4 is 0 Å². The lowest BCUT2D eigenvalue weighted by molar-refractivity contribution is 0.589. The molecule has 0 N–H and O–H groups in total. The zero-order valence-electron chi connectivity index (χ0n) is 15.6. The average molecular weight is 329 g/mol. The van der Waals surface area contributed by atoms with E-state index in [1.54, 1.807) is 0 Å². The van der Waals surface area contributed by atoms with Crippen LogP contribution in [0, 0.1) is 13.8 Å². The summed E-state index contributed by atoms with van der Waals surface area (Å²) in [6, 6.07) is 17.4. The first-order chi connectivity index (χ1) is 10.00. The van der Waals surface area contributed by atoms with E-state index in [1.165, 1.54) is 22.3 Å². The van der Waals surface area contributed by atoms with E-state index >= 15 is 0 Å². The second-order valence-corrected chi connectivity index (χ2v) is 8.24. The highest BCUT2D eigenvalue weighted by Crippen LogP contribution is 2.23. The molecule has 24 heavy (non-hydrogen) atoms. The van der Waals surface area contributed by atoms with Crippen LogP contribution in [0.3, 0.4) is 0 Å². The summed E-state index contributed by atoms with van der Waals surface area (Å²) in [7, 11) is 0. The Hall–Kier alpha value is -1.56. The van der Waals surface area contributed by atoms with Crippen LogP contribution in [-0.4, -0.2) is 0 Å². The molecular weight excluding hydrogens is 288 g/mol. The number of aryl methyl sites for hydroxylation is 2. The van der Waals surface area contributed by atoms with E-state index in [1.807, 2.05) is 0 Å². The molecule has 0 saturated carbocycles. The van der Waals surface area contributed by atoms with Gasteiger partial charge in [0.25, 0.3) is 0 Å². The summed E-state index contributed by atoms with van der Waals surface area (Å²) >= 11 is 0. The molecule has 0 aromatic heterocycles. The number of hydrogen-bond acceptors (Lipinski definition) is 0. The van der Waals surface area contributed by atoms with Crippen LogP contribution in [0.25, 0.3) is 0 Å². The van der Waals surface area contributed by atoms with E-state index in [0.717, 1.165) is 0 Å². The molecule has 0 bridgehead atoms. The Balaban J connectivity index is 0. The number of hydrogen-bond donors (Lipinski definition) is 0. The summed E-state index contributed by atoms with van der Waals surface area (Å²) in [6.07, 6.45) is 0. The van der Waals surface area contributed by atoms with Crippen LogP contribution in [0.4, 0.5) is 0 Å². The SMILES string of the molecule is C.C.Cc1cccc(C(C)(C)C)c1.Cc1cccc(C(C)(C)C)c1. The smallest absolute Gasteiger partial charge is 0.0132 e. The fourth-order valence-corrected chi connectivity index (χ4v) is 2.22. The monoisotopic (exact) mass is 328 g/mol. The molecule has 0 fully saturated rings. The van der Waals surface area contributed by atoms with E-state index in [9.17, 15) is 0 Å². The van der Waals surface area contributed by atoms with Gasteiger partial charge in [-0.15, -0.1) is 0 Å². The molecule has 0 amide bonds. The van der Waals surface area contributed by atoms with Crippen molar-refractivity contribution in [1.29, 1.82) is 0 Å². The molecule has 0 aliphatic heterocycles. The topological polar surface area (TPSA) is 0 Å². The first kappa shape index (κ1) is 24.7. The molecular formula is C24H40. The van der Waals surface area contributed by atoms with E-state index < -0.39 is 0 Å². The summed E-state index contributed by atoms with van der Waals surface area (Å²) in [5.74, 6) is 0. The molecule has 136 valence electrons. The van der Waals surface area contributed by atoms with Gasteiger partial charge in [0.2, 0.25) is 0 Å². The molecule has 2 aromatic carbocycles. The molecule has 2 rings (SSSR count). The maximum absolute atomic E-state index is 2.25. The van der Waals surface area contributed by atoms with Crippen LogP contribution in [0.15, 0.2) is 48.5 Å². The van der Waals surface area contributed by atoms with Gasteiger partial charge >= 0.3 is 0 Å². The Morgan fingerprint density at radius 1 is 0.542 bits per heavy atom. The largest absolute Gasteiger partial charge is 0.0776 e. The fraction of sp³-hybridized carbons (Fsp3) is 0.500. The summed E-state index contributed by atoms with van der Waals surface area (Å²) in [6.45, 7) is 17.7. The Morgan fingerprint density at radius 3 is 1.00 bits per heavy atom. The Morgan fingerprint density at radius 2 is 0.833 bits per heavy atom. The van der Waals surface area contributed by atoms with E-state index in [2.05, 4.69) is 104 Å². The second-order valence-electron chi connectivity index (χ2n) is 8.24. The molecule has 0 spiro atoms. The highest BCUT2D eigenvalue weighted by molar-refractivity contribution is 5.28. The van der Waals surface area contributed by atoms with Crippen molar-refractivity contribution < 1.29 is 0 Å². The van der Waals surface area contributed by atoms with Gasteiger partial charge in [-0.1, -0.05) is 116 Å². The van der Waals surface area contributed by atoms with E-state index in [-0.39, 0.29) is 25.7 Å². The van der Waals surface area contributed by atoms with Crippen molar-refractivity contribution in [2.45, 2.75) is 81.1 Å². The third-order valence-corrected chi connectivity index (χ3v) is 3.77. The van der Waals surface area contributed by atoms with Crippen molar-refractivity contribution in [2.75, 3.05) is 0 Å².